The number of hydrogen-bond acceptors (Lipinski definition) is 6. The smallest absolute Gasteiger partial charge is 0.368 e. The second-order valence-electron chi connectivity index (χ2n) is 6.22. The zero-order valence-electron chi connectivity index (χ0n) is 13.9. The van der Waals surface area contributed by atoms with Gasteiger partial charge in [-0.3, -0.25) is 14.5 Å². The molecule has 8 heteroatoms. The van der Waals surface area contributed by atoms with Gasteiger partial charge in [0.1, 0.15) is 11.8 Å². The van der Waals surface area contributed by atoms with Crippen LogP contribution in [0.2, 0.25) is 0 Å². The maximum atomic E-state index is 12.8. The van der Waals surface area contributed by atoms with Crippen LogP contribution in [0.4, 0.5) is 0 Å². The van der Waals surface area contributed by atoms with E-state index in [0.29, 0.717) is 17.9 Å². The third-order valence-electron chi connectivity index (χ3n) is 5.15. The Kier molecular flexibility index (Phi) is 4.44. The second-order valence-corrected chi connectivity index (χ2v) is 7.21. The average Bonchev–Trinajstić information content (AvgIpc) is 3.27. The van der Waals surface area contributed by atoms with Crippen LogP contribution in [0.1, 0.15) is 18.2 Å². The molecule has 0 spiro atoms. The van der Waals surface area contributed by atoms with E-state index in [4.69, 9.17) is 9.15 Å². The van der Waals surface area contributed by atoms with Gasteiger partial charge in [0.15, 0.2) is 11.8 Å². The Morgan fingerprint density at radius 2 is 2.21 bits per heavy atom. The number of carbonyl (C=O) groups excluding carboxylic acids is 3. The number of nitrogens with two attached hydrogens (primary N) is 1. The summed E-state index contributed by atoms with van der Waals surface area (Å²) in [5, 5.41) is 1.81. The monoisotopic (exact) mass is 353 g/mol. The van der Waals surface area contributed by atoms with Crippen molar-refractivity contribution in [3.05, 3.63) is 24.2 Å². The number of carbonyl (C=O) groups is 3. The maximum Gasteiger partial charge on any atom is 0.368 e. The molecule has 1 aromatic rings. The summed E-state index contributed by atoms with van der Waals surface area (Å²) in [5.74, 6) is -1.11. The number of hydrogen-bond donors (Lipinski definition) is 1. The molecule has 0 aromatic carbocycles. The van der Waals surface area contributed by atoms with Gasteiger partial charge < -0.3 is 14.5 Å². The molecule has 1 aromatic heterocycles. The number of methoxy groups -OCH3 is 1. The van der Waals surface area contributed by atoms with Crippen LogP contribution in [0, 0.1) is 11.8 Å². The Hall–Kier alpha value is -1.80. The van der Waals surface area contributed by atoms with E-state index in [0.717, 1.165) is 4.90 Å². The Morgan fingerprint density at radius 1 is 1.46 bits per heavy atom. The van der Waals surface area contributed by atoms with Gasteiger partial charge in [-0.05, 0) is 24.1 Å². The Balaban J connectivity index is 2.10. The number of esters is 1. The van der Waals surface area contributed by atoms with Crippen molar-refractivity contribution in [1.82, 2.24) is 4.90 Å². The molecule has 0 radical (unpaired) electrons. The number of ether oxygens (including phenoxy) is 1. The molecule has 7 nitrogen and oxygen atoms in total. The van der Waals surface area contributed by atoms with Crippen molar-refractivity contribution in [3.63, 3.8) is 0 Å². The largest absolute Gasteiger partial charge is 0.464 e. The van der Waals surface area contributed by atoms with Crippen molar-refractivity contribution in [2.24, 2.45) is 11.8 Å². The number of thioether (sulfide) groups is 1. The quantitative estimate of drug-likeness (QED) is 0.582. The third-order valence-corrected chi connectivity index (χ3v) is 5.76. The van der Waals surface area contributed by atoms with E-state index in [-0.39, 0.29) is 11.8 Å². The number of quaternary nitrogens is 1. The minimum Gasteiger partial charge on any atom is -0.464 e. The van der Waals surface area contributed by atoms with E-state index < -0.39 is 29.4 Å². The predicted octanol–water partition coefficient (Wildman–Crippen LogP) is -0.206. The first kappa shape index (κ1) is 17.0. The van der Waals surface area contributed by atoms with Gasteiger partial charge in [-0.15, -0.1) is 0 Å². The van der Waals surface area contributed by atoms with Crippen LogP contribution < -0.4 is 5.32 Å². The minimum atomic E-state index is -1.10. The highest BCUT2D eigenvalue weighted by Crippen LogP contribution is 2.45. The molecule has 24 heavy (non-hydrogen) atoms. The van der Waals surface area contributed by atoms with Crippen LogP contribution >= 0.6 is 11.8 Å². The summed E-state index contributed by atoms with van der Waals surface area (Å²) in [5.41, 5.74) is -1.10. The topological polar surface area (TPSA) is 93.4 Å². The van der Waals surface area contributed by atoms with Gasteiger partial charge >= 0.3 is 5.97 Å². The van der Waals surface area contributed by atoms with Crippen molar-refractivity contribution in [1.29, 1.82) is 0 Å². The Morgan fingerprint density at radius 3 is 2.79 bits per heavy atom. The highest BCUT2D eigenvalue weighted by molar-refractivity contribution is 7.98. The molecule has 130 valence electrons. The molecular formula is C16H21N2O5S+. The number of likely N-dealkylation sites (tertiary alicyclic amines) is 1. The van der Waals surface area contributed by atoms with Crippen molar-refractivity contribution in [2.75, 3.05) is 26.2 Å². The lowest BCUT2D eigenvalue weighted by atomic mass is 9.78. The fourth-order valence-electron chi connectivity index (χ4n) is 4.00. The first-order chi connectivity index (χ1) is 11.5. The molecule has 3 rings (SSSR count). The lowest BCUT2D eigenvalue weighted by molar-refractivity contribution is -0.736. The zero-order valence-corrected chi connectivity index (χ0v) is 14.7. The van der Waals surface area contributed by atoms with Gasteiger partial charge in [-0.25, -0.2) is 4.79 Å². The van der Waals surface area contributed by atoms with Crippen LogP contribution in [0.5, 0.6) is 0 Å². The average molecular weight is 353 g/mol. The van der Waals surface area contributed by atoms with E-state index in [1.54, 1.807) is 23.9 Å². The normalized spacial score (nSPS) is 32.3. The maximum absolute atomic E-state index is 12.8. The van der Waals surface area contributed by atoms with Crippen LogP contribution in [0.3, 0.4) is 0 Å². The Bertz CT molecular complexity index is 661. The van der Waals surface area contributed by atoms with Gasteiger partial charge in [0, 0.05) is 13.5 Å². The van der Waals surface area contributed by atoms with Crippen LogP contribution in [-0.4, -0.2) is 54.4 Å². The minimum absolute atomic E-state index is 0.266. The van der Waals surface area contributed by atoms with Gasteiger partial charge in [0.25, 0.3) is 0 Å². The number of fused-ring (bicyclic) bond motifs is 1. The summed E-state index contributed by atoms with van der Waals surface area (Å²) in [6.45, 7) is 0. The molecule has 2 fully saturated rings. The number of furan rings is 1. The summed E-state index contributed by atoms with van der Waals surface area (Å²) in [7, 11) is 2.79. The summed E-state index contributed by atoms with van der Waals surface area (Å²) < 4.78 is 10.5. The SMILES string of the molecule is COC(=O)[C@]1(CCSC)[NH2+][C@@H](c2ccco2)[C@H]2C(=O)N(C)C(=O)[C@H]21. The van der Waals surface area contributed by atoms with Crippen LogP contribution in [0.15, 0.2) is 22.8 Å². The first-order valence-corrected chi connectivity index (χ1v) is 9.15. The molecule has 3 heterocycles. The van der Waals surface area contributed by atoms with Crippen LogP contribution in [-0.2, 0) is 19.1 Å². The highest BCUT2D eigenvalue weighted by atomic mass is 32.2. The van der Waals surface area contributed by atoms with Crippen molar-refractivity contribution in [3.8, 4) is 0 Å². The lowest BCUT2D eigenvalue weighted by Crippen LogP contribution is -2.98. The summed E-state index contributed by atoms with van der Waals surface area (Å²) in [6.07, 6.45) is 3.92. The standard InChI is InChI=1S/C16H20N2O5S/c1-18-13(19)10-11(14(18)20)16(6-8-24-3,15(21)22-2)17-12(10)9-5-4-7-23-9/h4-5,7,10-12,17H,6,8H2,1-3H3/p+1/t10-,11-,12-,16+/m0/s1. The molecule has 2 amide bonds. The molecule has 4 atom stereocenters. The first-order valence-electron chi connectivity index (χ1n) is 7.76. The number of imide groups is 1. The fourth-order valence-corrected chi connectivity index (χ4v) is 4.55. The fraction of sp³-hybridized carbons (Fsp3) is 0.562. The summed E-state index contributed by atoms with van der Waals surface area (Å²) in [6, 6.07) is 3.10. The molecule has 2 saturated heterocycles. The molecule has 0 saturated carbocycles. The summed E-state index contributed by atoms with van der Waals surface area (Å²) >= 11 is 1.59. The molecular weight excluding hydrogens is 332 g/mol. The van der Waals surface area contributed by atoms with E-state index in [1.807, 2.05) is 11.6 Å². The van der Waals surface area contributed by atoms with E-state index in [1.165, 1.54) is 20.4 Å². The number of nitrogens with zero attached hydrogens (tertiary/aromatic N) is 1. The molecule has 0 aliphatic carbocycles. The third kappa shape index (κ3) is 2.28. The zero-order chi connectivity index (χ0) is 17.5. The predicted molar refractivity (Wildman–Crippen MR) is 85.9 cm³/mol. The molecule has 2 aliphatic rings. The molecule has 2 N–H and O–H groups in total. The second kappa shape index (κ2) is 6.25. The van der Waals surface area contributed by atoms with Gasteiger partial charge in [0.05, 0.1) is 13.4 Å². The number of amides is 2. The highest BCUT2D eigenvalue weighted by Gasteiger charge is 2.72. The van der Waals surface area contributed by atoms with Crippen LogP contribution in [0.25, 0.3) is 0 Å². The van der Waals surface area contributed by atoms with Crippen molar-refractivity contribution >= 4 is 29.5 Å². The van der Waals surface area contributed by atoms with E-state index in [9.17, 15) is 14.4 Å². The van der Waals surface area contributed by atoms with Crippen molar-refractivity contribution in [2.45, 2.75) is 18.0 Å². The van der Waals surface area contributed by atoms with Gasteiger partial charge in [-0.1, -0.05) is 0 Å². The Labute approximate surface area is 144 Å². The van der Waals surface area contributed by atoms with E-state index >= 15 is 0 Å². The van der Waals surface area contributed by atoms with E-state index in [2.05, 4.69) is 0 Å². The van der Waals surface area contributed by atoms with Gasteiger partial charge in [-0.2, -0.15) is 11.8 Å². The molecule has 0 bridgehead atoms. The van der Waals surface area contributed by atoms with Gasteiger partial charge in [0.2, 0.25) is 17.4 Å². The summed E-state index contributed by atoms with van der Waals surface area (Å²) in [4.78, 5) is 39.2. The lowest BCUT2D eigenvalue weighted by Gasteiger charge is -2.28. The van der Waals surface area contributed by atoms with Crippen molar-refractivity contribution < 1.29 is 28.9 Å². The molecule has 2 aliphatic heterocycles. The molecule has 0 unspecified atom stereocenters. The number of rotatable bonds is 5.